The van der Waals surface area contributed by atoms with Crippen molar-refractivity contribution in [1.29, 1.82) is 0 Å². The molecule has 2 aromatic rings. The van der Waals surface area contributed by atoms with Gasteiger partial charge >= 0.3 is 0 Å². The first-order valence-corrected chi connectivity index (χ1v) is 8.83. The lowest BCUT2D eigenvalue weighted by atomic mass is 10.0. The zero-order valence-corrected chi connectivity index (χ0v) is 13.5. The molecule has 2 heteroatoms. The number of aromatic nitrogens is 1. The summed E-state index contributed by atoms with van der Waals surface area (Å²) in [4.78, 5) is 0. The third-order valence-electron chi connectivity index (χ3n) is 3.57. The number of benzene rings is 1. The van der Waals surface area contributed by atoms with E-state index in [9.17, 15) is 0 Å². The van der Waals surface area contributed by atoms with Crippen LogP contribution in [0.4, 0.5) is 0 Å². The zero-order valence-electron chi connectivity index (χ0n) is 12.6. The van der Waals surface area contributed by atoms with E-state index in [1.165, 1.54) is 47.6 Å². The summed E-state index contributed by atoms with van der Waals surface area (Å²) >= 11 is 2.01. The van der Waals surface area contributed by atoms with Crippen molar-refractivity contribution in [1.82, 2.24) is 4.57 Å². The molecule has 0 spiro atoms. The highest BCUT2D eigenvalue weighted by molar-refractivity contribution is 7.99. The molecule has 20 heavy (non-hydrogen) atoms. The van der Waals surface area contributed by atoms with Gasteiger partial charge in [0.05, 0.1) is 5.69 Å². The second-order valence-electron chi connectivity index (χ2n) is 5.05. The Hall–Kier alpha value is -1.15. The standard InChI is InChI=1S/C18H25NS/c1-3-5-9-17-12-13-19(14-15-20-4-2)18(17)16-10-7-6-8-11-16/h6-8,10-13H,3-5,9,14-15H2,1-2H3. The van der Waals surface area contributed by atoms with E-state index in [0.29, 0.717) is 0 Å². The summed E-state index contributed by atoms with van der Waals surface area (Å²) in [6.07, 6.45) is 5.98. The van der Waals surface area contributed by atoms with Gasteiger partial charge in [-0.05, 0) is 35.8 Å². The highest BCUT2D eigenvalue weighted by Crippen LogP contribution is 2.26. The molecule has 0 radical (unpaired) electrons. The summed E-state index contributed by atoms with van der Waals surface area (Å²) in [6.45, 7) is 5.59. The molecule has 0 fully saturated rings. The van der Waals surface area contributed by atoms with Crippen molar-refractivity contribution in [2.45, 2.75) is 39.7 Å². The molecule has 0 aliphatic rings. The molecule has 1 heterocycles. The smallest absolute Gasteiger partial charge is 0.0513 e. The Bertz CT molecular complexity index is 501. The van der Waals surface area contributed by atoms with Gasteiger partial charge in [0.2, 0.25) is 0 Å². The molecule has 2 rings (SSSR count). The molecule has 1 aromatic carbocycles. The van der Waals surface area contributed by atoms with Crippen LogP contribution >= 0.6 is 11.8 Å². The largest absolute Gasteiger partial charge is 0.346 e. The fourth-order valence-electron chi connectivity index (χ4n) is 2.53. The maximum absolute atomic E-state index is 2.43. The predicted molar refractivity (Wildman–Crippen MR) is 91.5 cm³/mol. The number of nitrogens with zero attached hydrogens (tertiary/aromatic N) is 1. The molecule has 0 saturated heterocycles. The Morgan fingerprint density at radius 2 is 1.85 bits per heavy atom. The van der Waals surface area contributed by atoms with E-state index in [1.807, 2.05) is 11.8 Å². The third kappa shape index (κ3) is 3.92. The van der Waals surface area contributed by atoms with E-state index in [1.54, 1.807) is 0 Å². The van der Waals surface area contributed by atoms with Gasteiger partial charge in [-0.15, -0.1) is 0 Å². The molecule has 0 bridgehead atoms. The van der Waals surface area contributed by atoms with Crippen LogP contribution in [0.15, 0.2) is 42.6 Å². The summed E-state index contributed by atoms with van der Waals surface area (Å²) in [7, 11) is 0. The summed E-state index contributed by atoms with van der Waals surface area (Å²) in [5, 5.41) is 0. The van der Waals surface area contributed by atoms with Crippen LogP contribution in [0.2, 0.25) is 0 Å². The van der Waals surface area contributed by atoms with Gasteiger partial charge in [0.1, 0.15) is 0 Å². The molecule has 0 unspecified atom stereocenters. The zero-order chi connectivity index (χ0) is 14.2. The number of unbranched alkanes of at least 4 members (excludes halogenated alkanes) is 1. The minimum atomic E-state index is 1.11. The Balaban J connectivity index is 2.25. The fourth-order valence-corrected chi connectivity index (χ4v) is 3.14. The first-order chi connectivity index (χ1) is 9.86. The maximum Gasteiger partial charge on any atom is 0.0513 e. The molecule has 0 N–H and O–H groups in total. The second-order valence-corrected chi connectivity index (χ2v) is 6.44. The van der Waals surface area contributed by atoms with E-state index in [2.05, 4.69) is 61.0 Å². The summed E-state index contributed by atoms with van der Waals surface area (Å²) < 4.78 is 2.43. The van der Waals surface area contributed by atoms with Crippen LogP contribution in [-0.4, -0.2) is 16.1 Å². The molecule has 0 saturated carbocycles. The van der Waals surface area contributed by atoms with Crippen LogP contribution in [0, 0.1) is 0 Å². The van der Waals surface area contributed by atoms with Crippen molar-refractivity contribution in [3.05, 3.63) is 48.2 Å². The molecular weight excluding hydrogens is 262 g/mol. The minimum Gasteiger partial charge on any atom is -0.346 e. The van der Waals surface area contributed by atoms with E-state index in [0.717, 1.165) is 6.54 Å². The van der Waals surface area contributed by atoms with Gasteiger partial charge in [-0.3, -0.25) is 0 Å². The number of thioether (sulfide) groups is 1. The number of hydrogen-bond donors (Lipinski definition) is 0. The van der Waals surface area contributed by atoms with Gasteiger partial charge in [-0.2, -0.15) is 11.8 Å². The van der Waals surface area contributed by atoms with Gasteiger partial charge < -0.3 is 4.57 Å². The maximum atomic E-state index is 2.43. The van der Waals surface area contributed by atoms with Gasteiger partial charge in [0.15, 0.2) is 0 Å². The summed E-state index contributed by atoms with van der Waals surface area (Å²) in [5.41, 5.74) is 4.28. The van der Waals surface area contributed by atoms with Crippen molar-refractivity contribution in [2.24, 2.45) is 0 Å². The molecular formula is C18H25NS. The SMILES string of the molecule is CCCCc1ccn(CCSCC)c1-c1ccccc1. The fraction of sp³-hybridized carbons (Fsp3) is 0.444. The number of aryl methyl sites for hydroxylation is 2. The molecule has 108 valence electrons. The van der Waals surface area contributed by atoms with Gasteiger partial charge in [-0.25, -0.2) is 0 Å². The van der Waals surface area contributed by atoms with E-state index in [4.69, 9.17) is 0 Å². The van der Waals surface area contributed by atoms with Crippen LogP contribution in [0.1, 0.15) is 32.3 Å². The highest BCUT2D eigenvalue weighted by Gasteiger charge is 2.10. The lowest BCUT2D eigenvalue weighted by Crippen LogP contribution is -2.02. The van der Waals surface area contributed by atoms with Crippen LogP contribution < -0.4 is 0 Å². The van der Waals surface area contributed by atoms with E-state index in [-0.39, 0.29) is 0 Å². The topological polar surface area (TPSA) is 4.93 Å². The average Bonchev–Trinajstić information content (AvgIpc) is 2.89. The van der Waals surface area contributed by atoms with Crippen LogP contribution in [-0.2, 0) is 13.0 Å². The molecule has 0 amide bonds. The highest BCUT2D eigenvalue weighted by atomic mass is 32.2. The quantitative estimate of drug-likeness (QED) is 0.600. The van der Waals surface area contributed by atoms with Crippen molar-refractivity contribution in [2.75, 3.05) is 11.5 Å². The van der Waals surface area contributed by atoms with Gasteiger partial charge in [-0.1, -0.05) is 50.6 Å². The molecule has 0 aliphatic carbocycles. The van der Waals surface area contributed by atoms with E-state index < -0.39 is 0 Å². The number of hydrogen-bond acceptors (Lipinski definition) is 1. The average molecular weight is 287 g/mol. The molecule has 0 aliphatic heterocycles. The van der Waals surface area contributed by atoms with Crippen molar-refractivity contribution < 1.29 is 0 Å². The van der Waals surface area contributed by atoms with Gasteiger partial charge in [0.25, 0.3) is 0 Å². The van der Waals surface area contributed by atoms with Crippen molar-refractivity contribution in [3.63, 3.8) is 0 Å². The van der Waals surface area contributed by atoms with Gasteiger partial charge in [0, 0.05) is 18.5 Å². The third-order valence-corrected chi connectivity index (χ3v) is 4.45. The Kier molecular flexibility index (Phi) is 6.25. The van der Waals surface area contributed by atoms with Crippen molar-refractivity contribution >= 4 is 11.8 Å². The monoisotopic (exact) mass is 287 g/mol. The lowest BCUT2D eigenvalue weighted by Gasteiger charge is -2.12. The Morgan fingerprint density at radius 3 is 2.55 bits per heavy atom. The van der Waals surface area contributed by atoms with Crippen LogP contribution in [0.3, 0.4) is 0 Å². The molecule has 1 aromatic heterocycles. The normalized spacial score (nSPS) is 10.9. The van der Waals surface area contributed by atoms with Crippen molar-refractivity contribution in [3.8, 4) is 11.3 Å². The predicted octanol–water partition coefficient (Wildman–Crippen LogP) is 5.25. The first-order valence-electron chi connectivity index (χ1n) is 7.68. The van der Waals surface area contributed by atoms with Crippen LogP contribution in [0.5, 0.6) is 0 Å². The second kappa shape index (κ2) is 8.21. The van der Waals surface area contributed by atoms with Crippen LogP contribution in [0.25, 0.3) is 11.3 Å². The lowest BCUT2D eigenvalue weighted by molar-refractivity contribution is 0.769. The molecule has 1 nitrogen and oxygen atoms in total. The summed E-state index contributed by atoms with van der Waals surface area (Å²) in [5.74, 6) is 2.39. The van der Waals surface area contributed by atoms with E-state index >= 15 is 0 Å². The first kappa shape index (κ1) is 15.2. The summed E-state index contributed by atoms with van der Waals surface area (Å²) in [6, 6.07) is 13.1. The number of rotatable bonds is 8. The Morgan fingerprint density at radius 1 is 1.05 bits per heavy atom. The Labute approximate surface area is 127 Å². The molecule has 0 atom stereocenters. The minimum absolute atomic E-state index is 1.11.